The summed E-state index contributed by atoms with van der Waals surface area (Å²) in [5, 5.41) is 8.81. The van der Waals surface area contributed by atoms with E-state index in [2.05, 4.69) is 0 Å². The molecule has 3 heteroatoms. The molecule has 1 N–H and O–H groups in total. The number of rotatable bonds is 6. The Morgan fingerprint density at radius 2 is 2.07 bits per heavy atom. The van der Waals surface area contributed by atoms with Crippen LogP contribution in [0.5, 0.6) is 0 Å². The van der Waals surface area contributed by atoms with Crippen LogP contribution in [0, 0.1) is 5.92 Å². The Morgan fingerprint density at radius 1 is 1.40 bits per heavy atom. The number of aliphatic hydroxyl groups is 1. The number of hydrogen-bond donors (Lipinski definition) is 1. The Kier molecular flexibility index (Phi) is 5.43. The lowest BCUT2D eigenvalue weighted by molar-refractivity contribution is -0.117. The number of Topliss-reactive ketones (excluding diaryl/α,β-unsaturated/α-hetero) is 1. The molecule has 0 aliphatic heterocycles. The van der Waals surface area contributed by atoms with Crippen LogP contribution in [0.25, 0.3) is 0 Å². The molecule has 15 heavy (non-hydrogen) atoms. The molecule has 0 heterocycles. The van der Waals surface area contributed by atoms with Crippen molar-refractivity contribution in [3.63, 3.8) is 0 Å². The van der Waals surface area contributed by atoms with Gasteiger partial charge in [-0.15, -0.1) is 11.8 Å². The highest BCUT2D eigenvalue weighted by molar-refractivity contribution is 8.00. The Morgan fingerprint density at radius 3 is 2.67 bits per heavy atom. The van der Waals surface area contributed by atoms with Gasteiger partial charge in [0.25, 0.3) is 0 Å². The predicted molar refractivity (Wildman–Crippen MR) is 63.0 cm³/mol. The van der Waals surface area contributed by atoms with Crippen molar-refractivity contribution >= 4 is 17.5 Å². The summed E-state index contributed by atoms with van der Waals surface area (Å²) in [5.74, 6) is 0.772. The second-order valence-corrected chi connectivity index (χ2v) is 4.68. The molecule has 1 atom stereocenters. The van der Waals surface area contributed by atoms with Crippen molar-refractivity contribution in [1.29, 1.82) is 0 Å². The van der Waals surface area contributed by atoms with Crippen molar-refractivity contribution in [2.75, 3.05) is 12.4 Å². The smallest absolute Gasteiger partial charge is 0.143 e. The molecule has 0 aliphatic carbocycles. The molecule has 0 saturated carbocycles. The second-order valence-electron chi connectivity index (χ2n) is 3.63. The molecule has 1 unspecified atom stereocenters. The fraction of sp³-hybridized carbons (Fsp3) is 0.417. The van der Waals surface area contributed by atoms with Crippen LogP contribution in [0.4, 0.5) is 0 Å². The minimum Gasteiger partial charge on any atom is -0.396 e. The van der Waals surface area contributed by atoms with Gasteiger partial charge in [-0.25, -0.2) is 0 Å². The third-order valence-electron chi connectivity index (χ3n) is 2.03. The van der Waals surface area contributed by atoms with Crippen LogP contribution in [-0.2, 0) is 4.79 Å². The lowest BCUT2D eigenvalue weighted by Crippen LogP contribution is -2.10. The summed E-state index contributed by atoms with van der Waals surface area (Å²) >= 11 is 1.55. The van der Waals surface area contributed by atoms with Crippen LogP contribution in [0.15, 0.2) is 35.2 Å². The van der Waals surface area contributed by atoms with Crippen molar-refractivity contribution in [1.82, 2.24) is 0 Å². The van der Waals surface area contributed by atoms with Crippen molar-refractivity contribution in [2.24, 2.45) is 5.92 Å². The Balaban J connectivity index is 2.29. The van der Waals surface area contributed by atoms with Crippen molar-refractivity contribution in [3.8, 4) is 0 Å². The molecular weight excluding hydrogens is 208 g/mol. The van der Waals surface area contributed by atoms with E-state index in [0.29, 0.717) is 12.2 Å². The number of carbonyl (C=O) groups is 1. The van der Waals surface area contributed by atoms with Gasteiger partial charge in [0.1, 0.15) is 5.78 Å². The lowest BCUT2D eigenvalue weighted by atomic mass is 10.1. The summed E-state index contributed by atoms with van der Waals surface area (Å²) in [6.45, 7) is 1.97. The molecule has 0 amide bonds. The van der Waals surface area contributed by atoms with Crippen LogP contribution < -0.4 is 0 Å². The highest BCUT2D eigenvalue weighted by Crippen LogP contribution is 2.18. The molecule has 1 aromatic rings. The normalized spacial score (nSPS) is 12.4. The molecule has 82 valence electrons. The number of carbonyl (C=O) groups excluding carboxylic acids is 1. The SMILES string of the molecule is CC(CO)CC(=O)CSc1ccccc1. The predicted octanol–water partition coefficient (Wildman–Crippen LogP) is 2.37. The fourth-order valence-electron chi connectivity index (χ4n) is 1.19. The molecule has 0 aromatic heterocycles. The number of aliphatic hydroxyl groups excluding tert-OH is 1. The summed E-state index contributed by atoms with van der Waals surface area (Å²) < 4.78 is 0. The number of hydrogen-bond acceptors (Lipinski definition) is 3. The molecule has 0 aliphatic rings. The molecule has 1 aromatic carbocycles. The number of thioether (sulfide) groups is 1. The van der Waals surface area contributed by atoms with Gasteiger partial charge in [0, 0.05) is 17.9 Å². The second kappa shape index (κ2) is 6.64. The monoisotopic (exact) mass is 224 g/mol. The third-order valence-corrected chi connectivity index (χ3v) is 3.10. The van der Waals surface area contributed by atoms with Gasteiger partial charge in [-0.05, 0) is 18.1 Å². The quantitative estimate of drug-likeness (QED) is 0.754. The van der Waals surface area contributed by atoms with Crippen LogP contribution in [0.2, 0.25) is 0 Å². The topological polar surface area (TPSA) is 37.3 Å². The number of benzene rings is 1. The minimum atomic E-state index is 0.0777. The maximum atomic E-state index is 11.5. The first-order chi connectivity index (χ1) is 7.22. The maximum absolute atomic E-state index is 11.5. The fourth-order valence-corrected chi connectivity index (χ4v) is 1.99. The van der Waals surface area contributed by atoms with Gasteiger partial charge in [0.15, 0.2) is 0 Å². The first-order valence-electron chi connectivity index (χ1n) is 5.02. The molecule has 2 nitrogen and oxygen atoms in total. The standard InChI is InChI=1S/C12H16O2S/c1-10(8-13)7-11(14)9-15-12-5-3-2-4-6-12/h2-6,10,13H,7-9H2,1H3. The molecule has 1 rings (SSSR count). The van der Waals surface area contributed by atoms with E-state index in [9.17, 15) is 4.79 Å². The van der Waals surface area contributed by atoms with Gasteiger partial charge < -0.3 is 5.11 Å². The maximum Gasteiger partial charge on any atom is 0.143 e. The number of ketones is 1. The zero-order valence-electron chi connectivity index (χ0n) is 8.85. The van der Waals surface area contributed by atoms with Crippen LogP contribution in [0.1, 0.15) is 13.3 Å². The van der Waals surface area contributed by atoms with Crippen molar-refractivity contribution < 1.29 is 9.90 Å². The van der Waals surface area contributed by atoms with E-state index < -0.39 is 0 Å². The van der Waals surface area contributed by atoms with E-state index >= 15 is 0 Å². The molecule has 0 spiro atoms. The largest absolute Gasteiger partial charge is 0.396 e. The van der Waals surface area contributed by atoms with Gasteiger partial charge in [-0.1, -0.05) is 25.1 Å². The van der Waals surface area contributed by atoms with Gasteiger partial charge >= 0.3 is 0 Å². The lowest BCUT2D eigenvalue weighted by Gasteiger charge is -2.06. The molecule has 0 saturated heterocycles. The van der Waals surface area contributed by atoms with E-state index in [1.54, 1.807) is 11.8 Å². The third kappa shape index (κ3) is 5.00. The minimum absolute atomic E-state index is 0.0777. The molecule has 0 bridgehead atoms. The zero-order chi connectivity index (χ0) is 11.1. The van der Waals surface area contributed by atoms with E-state index in [0.717, 1.165) is 4.90 Å². The summed E-state index contributed by atoms with van der Waals surface area (Å²) in [4.78, 5) is 12.6. The van der Waals surface area contributed by atoms with Crippen molar-refractivity contribution in [3.05, 3.63) is 30.3 Å². The Bertz CT molecular complexity index is 298. The average molecular weight is 224 g/mol. The molecule has 0 radical (unpaired) electrons. The van der Waals surface area contributed by atoms with Crippen LogP contribution >= 0.6 is 11.8 Å². The van der Waals surface area contributed by atoms with Gasteiger partial charge in [-0.2, -0.15) is 0 Å². The highest BCUT2D eigenvalue weighted by atomic mass is 32.2. The van der Waals surface area contributed by atoms with Crippen LogP contribution in [-0.4, -0.2) is 23.2 Å². The molecular formula is C12H16O2S. The first kappa shape index (κ1) is 12.3. The van der Waals surface area contributed by atoms with E-state index in [-0.39, 0.29) is 18.3 Å². The van der Waals surface area contributed by atoms with E-state index in [4.69, 9.17) is 5.11 Å². The molecule has 0 fully saturated rings. The highest BCUT2D eigenvalue weighted by Gasteiger charge is 2.08. The Hall–Kier alpha value is -0.800. The average Bonchev–Trinajstić information content (AvgIpc) is 2.27. The zero-order valence-corrected chi connectivity index (χ0v) is 9.67. The van der Waals surface area contributed by atoms with E-state index in [1.165, 1.54) is 0 Å². The van der Waals surface area contributed by atoms with Gasteiger partial charge in [0.05, 0.1) is 5.75 Å². The first-order valence-corrected chi connectivity index (χ1v) is 6.01. The van der Waals surface area contributed by atoms with Crippen LogP contribution in [0.3, 0.4) is 0 Å². The van der Waals surface area contributed by atoms with Gasteiger partial charge in [0.2, 0.25) is 0 Å². The summed E-state index contributed by atoms with van der Waals surface area (Å²) in [6, 6.07) is 9.87. The van der Waals surface area contributed by atoms with E-state index in [1.807, 2.05) is 37.3 Å². The summed E-state index contributed by atoms with van der Waals surface area (Å²) in [7, 11) is 0. The van der Waals surface area contributed by atoms with Gasteiger partial charge in [-0.3, -0.25) is 4.79 Å². The Labute approximate surface area is 94.7 Å². The van der Waals surface area contributed by atoms with Crippen molar-refractivity contribution in [2.45, 2.75) is 18.2 Å². The summed E-state index contributed by atoms with van der Waals surface area (Å²) in [5.41, 5.74) is 0. The summed E-state index contributed by atoms with van der Waals surface area (Å²) in [6.07, 6.45) is 0.469.